The Kier molecular flexibility index (Phi) is 2.62. The number of ether oxygens (including phenoxy) is 1. The molecular weight excluding hydrogens is 257 g/mol. The Morgan fingerprint density at radius 3 is 3.00 bits per heavy atom. The van der Waals surface area contributed by atoms with Crippen molar-refractivity contribution >= 4 is 17.0 Å². The third-order valence-electron chi connectivity index (χ3n) is 3.07. The fourth-order valence-corrected chi connectivity index (χ4v) is 2.16. The van der Waals surface area contributed by atoms with E-state index in [1.165, 1.54) is 17.2 Å². The molecule has 0 spiro atoms. The van der Waals surface area contributed by atoms with Gasteiger partial charge in [0.05, 0.1) is 6.33 Å². The van der Waals surface area contributed by atoms with Crippen molar-refractivity contribution in [3.05, 3.63) is 12.7 Å². The molecule has 8 nitrogen and oxygen atoms in total. The molecule has 2 aromatic heterocycles. The van der Waals surface area contributed by atoms with Gasteiger partial charge in [0.15, 0.2) is 17.7 Å². The lowest BCUT2D eigenvalue weighted by Crippen LogP contribution is -2.27. The smallest absolute Gasteiger partial charge is 0.237 e. The van der Waals surface area contributed by atoms with Crippen LogP contribution in [0.2, 0.25) is 0 Å². The average Bonchev–Trinajstić information content (AvgIpc) is 2.92. The standard InChI is InChI=1S/C10H12FN5O3/c11-10(2-17)1-5(18)9(19-10)16-4-15-6-7(12)13-3-14-8(6)16/h3-5,9,17-18H,1-2H2,(H2,12,13,14)/t5-,9-,10+/m1/s1. The van der Waals surface area contributed by atoms with Gasteiger partial charge in [0.2, 0.25) is 5.85 Å². The number of nitrogens with zero attached hydrogens (tertiary/aromatic N) is 4. The Labute approximate surface area is 106 Å². The molecule has 0 aliphatic carbocycles. The highest BCUT2D eigenvalue weighted by molar-refractivity contribution is 5.81. The number of hydrogen-bond donors (Lipinski definition) is 3. The summed E-state index contributed by atoms with van der Waals surface area (Å²) < 4.78 is 20.3. The highest BCUT2D eigenvalue weighted by Crippen LogP contribution is 2.38. The van der Waals surface area contributed by atoms with E-state index in [4.69, 9.17) is 15.6 Å². The number of fused-ring (bicyclic) bond motifs is 1. The van der Waals surface area contributed by atoms with Crippen molar-refractivity contribution in [2.24, 2.45) is 0 Å². The number of alkyl halides is 1. The van der Waals surface area contributed by atoms with Gasteiger partial charge in [-0.15, -0.1) is 0 Å². The van der Waals surface area contributed by atoms with Crippen LogP contribution in [-0.2, 0) is 4.74 Å². The minimum atomic E-state index is -2.26. The Hall–Kier alpha value is -1.84. The molecule has 4 N–H and O–H groups in total. The number of imidazole rings is 1. The van der Waals surface area contributed by atoms with Gasteiger partial charge in [-0.05, 0) is 0 Å². The summed E-state index contributed by atoms with van der Waals surface area (Å²) in [7, 11) is 0. The molecule has 0 radical (unpaired) electrons. The molecule has 0 saturated carbocycles. The number of anilines is 1. The first-order chi connectivity index (χ1) is 9.04. The molecule has 19 heavy (non-hydrogen) atoms. The van der Waals surface area contributed by atoms with Gasteiger partial charge in [-0.25, -0.2) is 19.3 Å². The van der Waals surface area contributed by atoms with Crippen molar-refractivity contribution in [1.29, 1.82) is 0 Å². The van der Waals surface area contributed by atoms with Gasteiger partial charge in [0, 0.05) is 6.42 Å². The third kappa shape index (κ3) is 1.82. The molecular formula is C10H12FN5O3. The Balaban J connectivity index is 2.04. The van der Waals surface area contributed by atoms with Crippen LogP contribution in [0.15, 0.2) is 12.7 Å². The van der Waals surface area contributed by atoms with Gasteiger partial charge in [0.25, 0.3) is 0 Å². The predicted octanol–water partition coefficient (Wildman–Crippen LogP) is -0.654. The second-order valence-electron chi connectivity index (χ2n) is 4.40. The first kappa shape index (κ1) is 12.2. The second-order valence-corrected chi connectivity index (χ2v) is 4.40. The van der Waals surface area contributed by atoms with Gasteiger partial charge in [-0.3, -0.25) is 4.57 Å². The number of nitrogens with two attached hydrogens (primary N) is 1. The van der Waals surface area contributed by atoms with Crippen molar-refractivity contribution in [2.75, 3.05) is 12.3 Å². The lowest BCUT2D eigenvalue weighted by atomic mass is 10.2. The van der Waals surface area contributed by atoms with E-state index in [1.54, 1.807) is 0 Å². The lowest BCUT2D eigenvalue weighted by Gasteiger charge is -2.18. The second kappa shape index (κ2) is 4.08. The molecule has 9 heteroatoms. The van der Waals surface area contributed by atoms with Crippen LogP contribution in [0.1, 0.15) is 12.6 Å². The quantitative estimate of drug-likeness (QED) is 0.662. The van der Waals surface area contributed by atoms with Crippen LogP contribution in [0.5, 0.6) is 0 Å². The minimum absolute atomic E-state index is 0.185. The number of aliphatic hydroxyl groups is 2. The van der Waals surface area contributed by atoms with Gasteiger partial charge in [0.1, 0.15) is 24.6 Å². The first-order valence-corrected chi connectivity index (χ1v) is 5.63. The van der Waals surface area contributed by atoms with E-state index in [-0.39, 0.29) is 12.2 Å². The van der Waals surface area contributed by atoms with Crippen LogP contribution < -0.4 is 5.73 Å². The number of nitrogen functional groups attached to an aromatic ring is 1. The summed E-state index contributed by atoms with van der Waals surface area (Å²) in [6, 6.07) is 0. The normalized spacial score (nSPS) is 31.1. The molecule has 0 aromatic carbocycles. The first-order valence-electron chi connectivity index (χ1n) is 5.63. The van der Waals surface area contributed by atoms with Crippen molar-refractivity contribution in [3.8, 4) is 0 Å². The SMILES string of the molecule is Nc1ncnc2c1ncn2[C@@H]1O[C@](F)(CO)C[C@H]1O. The van der Waals surface area contributed by atoms with E-state index < -0.39 is 24.8 Å². The van der Waals surface area contributed by atoms with E-state index in [2.05, 4.69) is 15.0 Å². The van der Waals surface area contributed by atoms with Gasteiger partial charge in [-0.2, -0.15) is 0 Å². The summed E-state index contributed by atoms with van der Waals surface area (Å²) in [6.45, 7) is -0.829. The zero-order valence-corrected chi connectivity index (χ0v) is 9.77. The van der Waals surface area contributed by atoms with Crippen molar-refractivity contribution in [3.63, 3.8) is 0 Å². The molecule has 3 atom stereocenters. The average molecular weight is 269 g/mol. The number of aromatic nitrogens is 4. The zero-order valence-electron chi connectivity index (χ0n) is 9.77. The Bertz CT molecular complexity index is 620. The summed E-state index contributed by atoms with van der Waals surface area (Å²) in [4.78, 5) is 11.8. The number of aliphatic hydroxyl groups excluding tert-OH is 2. The maximum absolute atomic E-state index is 13.9. The molecule has 3 heterocycles. The van der Waals surface area contributed by atoms with Gasteiger partial charge < -0.3 is 20.7 Å². The molecule has 0 amide bonds. The number of rotatable bonds is 2. The van der Waals surface area contributed by atoms with E-state index in [9.17, 15) is 9.50 Å². The van der Waals surface area contributed by atoms with Crippen LogP contribution >= 0.6 is 0 Å². The van der Waals surface area contributed by atoms with E-state index in [0.29, 0.717) is 11.2 Å². The fourth-order valence-electron chi connectivity index (χ4n) is 2.16. The molecule has 1 aliphatic heterocycles. The van der Waals surface area contributed by atoms with E-state index in [0.717, 1.165) is 0 Å². The summed E-state index contributed by atoms with van der Waals surface area (Å²) in [5, 5.41) is 18.8. The van der Waals surface area contributed by atoms with Crippen LogP contribution in [0.25, 0.3) is 11.2 Å². The van der Waals surface area contributed by atoms with Gasteiger partial charge in [-0.1, -0.05) is 0 Å². The predicted molar refractivity (Wildman–Crippen MR) is 61.4 cm³/mol. The molecule has 1 saturated heterocycles. The summed E-state index contributed by atoms with van der Waals surface area (Å²) in [5.74, 6) is -2.08. The van der Waals surface area contributed by atoms with E-state index in [1.807, 2.05) is 0 Å². The Morgan fingerprint density at radius 2 is 2.32 bits per heavy atom. The highest BCUT2D eigenvalue weighted by Gasteiger charge is 2.47. The number of hydrogen-bond acceptors (Lipinski definition) is 7. The fraction of sp³-hybridized carbons (Fsp3) is 0.500. The Morgan fingerprint density at radius 1 is 1.53 bits per heavy atom. The van der Waals surface area contributed by atoms with Crippen molar-refractivity contribution in [1.82, 2.24) is 19.5 Å². The highest BCUT2D eigenvalue weighted by atomic mass is 19.2. The molecule has 0 bridgehead atoms. The molecule has 0 unspecified atom stereocenters. The van der Waals surface area contributed by atoms with Gasteiger partial charge >= 0.3 is 0 Å². The summed E-state index contributed by atoms with van der Waals surface area (Å²) >= 11 is 0. The van der Waals surface area contributed by atoms with Crippen LogP contribution in [0.3, 0.4) is 0 Å². The minimum Gasteiger partial charge on any atom is -0.390 e. The molecule has 1 aliphatic rings. The molecule has 1 fully saturated rings. The van der Waals surface area contributed by atoms with Crippen LogP contribution in [-0.4, -0.2) is 48.3 Å². The van der Waals surface area contributed by atoms with E-state index >= 15 is 0 Å². The lowest BCUT2D eigenvalue weighted by molar-refractivity contribution is -0.179. The van der Waals surface area contributed by atoms with Crippen molar-refractivity contribution in [2.45, 2.75) is 24.6 Å². The largest absolute Gasteiger partial charge is 0.390 e. The third-order valence-corrected chi connectivity index (χ3v) is 3.07. The molecule has 102 valence electrons. The monoisotopic (exact) mass is 269 g/mol. The molecule has 2 aromatic rings. The summed E-state index contributed by atoms with van der Waals surface area (Å²) in [5.41, 5.74) is 6.32. The van der Waals surface area contributed by atoms with Crippen LogP contribution in [0, 0.1) is 0 Å². The molecule has 3 rings (SSSR count). The summed E-state index contributed by atoms with van der Waals surface area (Å²) in [6.07, 6.45) is 0.120. The maximum Gasteiger partial charge on any atom is 0.237 e. The topological polar surface area (TPSA) is 119 Å². The zero-order chi connectivity index (χ0) is 13.6. The maximum atomic E-state index is 13.9. The number of halogens is 1. The van der Waals surface area contributed by atoms with Crippen molar-refractivity contribution < 1.29 is 19.3 Å². The van der Waals surface area contributed by atoms with Crippen LogP contribution in [0.4, 0.5) is 10.2 Å².